The Morgan fingerprint density at radius 3 is 2.39 bits per heavy atom. The number of carboxylic acid groups (broad SMARTS) is 1. The Balaban J connectivity index is 2.61. The van der Waals surface area contributed by atoms with E-state index in [2.05, 4.69) is 38.1 Å². The Morgan fingerprint density at radius 1 is 1.33 bits per heavy atom. The smallest absolute Gasteiger partial charge is 0.307 e. The molecule has 0 aliphatic carbocycles. The Kier molecular flexibility index (Phi) is 5.86. The molecule has 0 saturated heterocycles. The van der Waals surface area contributed by atoms with Gasteiger partial charge in [0.2, 0.25) is 0 Å². The predicted molar refractivity (Wildman–Crippen MR) is 73.5 cm³/mol. The number of hydrogen-bond acceptors (Lipinski definition) is 2. The van der Waals surface area contributed by atoms with Crippen molar-refractivity contribution in [2.45, 2.75) is 33.1 Å². The SMILES string of the molecule is CCC(Cc1ccc(C)cc1)CC(CN)C(=O)O. The third-order valence-electron chi connectivity index (χ3n) is 3.47. The Bertz CT molecular complexity index is 373. The number of carbonyl (C=O) groups is 1. The lowest BCUT2D eigenvalue weighted by Gasteiger charge is -2.19. The van der Waals surface area contributed by atoms with Crippen LogP contribution in [0.2, 0.25) is 0 Å². The van der Waals surface area contributed by atoms with E-state index in [-0.39, 0.29) is 6.54 Å². The van der Waals surface area contributed by atoms with Gasteiger partial charge in [0.05, 0.1) is 5.92 Å². The molecule has 1 aromatic carbocycles. The minimum absolute atomic E-state index is 0.222. The average molecular weight is 249 g/mol. The molecule has 0 aromatic heterocycles. The second kappa shape index (κ2) is 7.17. The summed E-state index contributed by atoms with van der Waals surface area (Å²) < 4.78 is 0. The van der Waals surface area contributed by atoms with Crippen molar-refractivity contribution in [2.24, 2.45) is 17.6 Å². The Morgan fingerprint density at radius 2 is 1.94 bits per heavy atom. The maximum Gasteiger partial charge on any atom is 0.307 e. The molecule has 18 heavy (non-hydrogen) atoms. The van der Waals surface area contributed by atoms with Crippen LogP contribution in [0, 0.1) is 18.8 Å². The van der Waals surface area contributed by atoms with E-state index in [1.165, 1.54) is 11.1 Å². The molecule has 3 heteroatoms. The molecule has 2 atom stereocenters. The van der Waals surface area contributed by atoms with Crippen molar-refractivity contribution in [2.75, 3.05) is 6.54 Å². The summed E-state index contributed by atoms with van der Waals surface area (Å²) in [5, 5.41) is 9.04. The summed E-state index contributed by atoms with van der Waals surface area (Å²) in [6, 6.07) is 8.44. The molecule has 0 amide bonds. The molecule has 0 radical (unpaired) electrons. The van der Waals surface area contributed by atoms with Crippen LogP contribution in [0.5, 0.6) is 0 Å². The molecule has 0 spiro atoms. The van der Waals surface area contributed by atoms with Gasteiger partial charge >= 0.3 is 5.97 Å². The van der Waals surface area contributed by atoms with Crippen LogP contribution >= 0.6 is 0 Å². The zero-order chi connectivity index (χ0) is 13.5. The summed E-state index contributed by atoms with van der Waals surface area (Å²) in [4.78, 5) is 11.0. The lowest BCUT2D eigenvalue weighted by atomic mass is 9.87. The molecule has 0 aliphatic heterocycles. The fourth-order valence-electron chi connectivity index (χ4n) is 2.15. The lowest BCUT2D eigenvalue weighted by molar-refractivity contribution is -0.142. The van der Waals surface area contributed by atoms with E-state index in [4.69, 9.17) is 10.8 Å². The van der Waals surface area contributed by atoms with Crippen molar-refractivity contribution in [1.29, 1.82) is 0 Å². The van der Waals surface area contributed by atoms with Crippen molar-refractivity contribution < 1.29 is 9.90 Å². The van der Waals surface area contributed by atoms with E-state index in [0.717, 1.165) is 12.8 Å². The largest absolute Gasteiger partial charge is 0.481 e. The second-order valence-electron chi connectivity index (χ2n) is 4.97. The molecular formula is C15H23NO2. The molecule has 1 rings (SSSR count). The molecule has 3 N–H and O–H groups in total. The molecule has 0 bridgehead atoms. The number of nitrogens with two attached hydrogens (primary N) is 1. The van der Waals surface area contributed by atoms with Gasteiger partial charge in [0, 0.05) is 6.54 Å². The highest BCUT2D eigenvalue weighted by atomic mass is 16.4. The average Bonchev–Trinajstić information content (AvgIpc) is 2.36. The normalized spacial score (nSPS) is 14.2. The van der Waals surface area contributed by atoms with Gasteiger partial charge in [0.25, 0.3) is 0 Å². The number of rotatable bonds is 7. The number of aliphatic carboxylic acids is 1. The molecule has 1 aromatic rings. The van der Waals surface area contributed by atoms with Gasteiger partial charge < -0.3 is 10.8 Å². The highest BCUT2D eigenvalue weighted by Gasteiger charge is 2.20. The molecule has 2 unspecified atom stereocenters. The number of hydrogen-bond donors (Lipinski definition) is 2. The second-order valence-corrected chi connectivity index (χ2v) is 4.97. The summed E-state index contributed by atoms with van der Waals surface area (Å²) in [7, 11) is 0. The first-order valence-corrected chi connectivity index (χ1v) is 6.55. The van der Waals surface area contributed by atoms with Crippen molar-refractivity contribution in [3.8, 4) is 0 Å². The molecule has 0 fully saturated rings. The van der Waals surface area contributed by atoms with E-state index in [1.54, 1.807) is 0 Å². The summed E-state index contributed by atoms with van der Waals surface area (Å²) in [6.07, 6.45) is 2.58. The van der Waals surface area contributed by atoms with Gasteiger partial charge in [-0.25, -0.2) is 0 Å². The van der Waals surface area contributed by atoms with Crippen LogP contribution in [0.15, 0.2) is 24.3 Å². The molecule has 0 heterocycles. The molecule has 100 valence electrons. The van der Waals surface area contributed by atoms with E-state index in [9.17, 15) is 4.79 Å². The standard InChI is InChI=1S/C15H23NO2/c1-3-12(9-14(10-16)15(17)18)8-13-6-4-11(2)5-7-13/h4-7,12,14H,3,8-10,16H2,1-2H3,(H,17,18). The van der Waals surface area contributed by atoms with Gasteiger partial charge in [-0.3, -0.25) is 4.79 Å². The van der Waals surface area contributed by atoms with Crippen LogP contribution in [0.3, 0.4) is 0 Å². The van der Waals surface area contributed by atoms with Crippen LogP contribution < -0.4 is 5.73 Å². The van der Waals surface area contributed by atoms with Crippen LogP contribution in [-0.4, -0.2) is 17.6 Å². The number of aryl methyl sites for hydroxylation is 1. The minimum Gasteiger partial charge on any atom is -0.481 e. The first kappa shape index (κ1) is 14.7. The topological polar surface area (TPSA) is 63.3 Å². The minimum atomic E-state index is -0.778. The monoisotopic (exact) mass is 249 g/mol. The fraction of sp³-hybridized carbons (Fsp3) is 0.533. The zero-order valence-corrected chi connectivity index (χ0v) is 11.2. The highest BCUT2D eigenvalue weighted by Crippen LogP contribution is 2.20. The number of benzene rings is 1. The maximum atomic E-state index is 11.0. The summed E-state index contributed by atoms with van der Waals surface area (Å²) >= 11 is 0. The predicted octanol–water partition coefficient (Wildman–Crippen LogP) is 2.61. The lowest BCUT2D eigenvalue weighted by Crippen LogP contribution is -2.26. The van der Waals surface area contributed by atoms with Crippen molar-refractivity contribution in [3.05, 3.63) is 35.4 Å². The van der Waals surface area contributed by atoms with Gasteiger partial charge in [-0.15, -0.1) is 0 Å². The highest BCUT2D eigenvalue weighted by molar-refractivity contribution is 5.70. The van der Waals surface area contributed by atoms with Crippen LogP contribution in [0.1, 0.15) is 30.9 Å². The van der Waals surface area contributed by atoms with Gasteiger partial charge in [0.1, 0.15) is 0 Å². The Hall–Kier alpha value is -1.35. The third-order valence-corrected chi connectivity index (χ3v) is 3.47. The van der Waals surface area contributed by atoms with E-state index in [0.29, 0.717) is 12.3 Å². The Labute approximate surface area is 109 Å². The molecule has 0 saturated carbocycles. The summed E-state index contributed by atoms with van der Waals surface area (Å²) in [6.45, 7) is 4.39. The van der Waals surface area contributed by atoms with E-state index >= 15 is 0 Å². The van der Waals surface area contributed by atoms with Gasteiger partial charge in [-0.2, -0.15) is 0 Å². The third kappa shape index (κ3) is 4.49. The molecule has 0 aliphatic rings. The van der Waals surface area contributed by atoms with Gasteiger partial charge in [-0.05, 0) is 31.2 Å². The summed E-state index contributed by atoms with van der Waals surface area (Å²) in [5.74, 6) is -0.808. The maximum absolute atomic E-state index is 11.0. The van der Waals surface area contributed by atoms with Gasteiger partial charge in [0.15, 0.2) is 0 Å². The van der Waals surface area contributed by atoms with Crippen LogP contribution in [0.4, 0.5) is 0 Å². The first-order chi connectivity index (χ1) is 8.56. The van der Waals surface area contributed by atoms with E-state index < -0.39 is 11.9 Å². The molecular weight excluding hydrogens is 226 g/mol. The van der Waals surface area contributed by atoms with Crippen molar-refractivity contribution >= 4 is 5.97 Å². The van der Waals surface area contributed by atoms with Crippen LogP contribution in [-0.2, 0) is 11.2 Å². The molecule has 3 nitrogen and oxygen atoms in total. The zero-order valence-electron chi connectivity index (χ0n) is 11.2. The summed E-state index contributed by atoms with van der Waals surface area (Å²) in [5.41, 5.74) is 8.03. The van der Waals surface area contributed by atoms with E-state index in [1.807, 2.05) is 0 Å². The van der Waals surface area contributed by atoms with Gasteiger partial charge in [-0.1, -0.05) is 43.2 Å². The quantitative estimate of drug-likeness (QED) is 0.780. The fourth-order valence-corrected chi connectivity index (χ4v) is 2.15. The van der Waals surface area contributed by atoms with Crippen LogP contribution in [0.25, 0.3) is 0 Å². The van der Waals surface area contributed by atoms with Crippen molar-refractivity contribution in [1.82, 2.24) is 0 Å². The number of carboxylic acids is 1. The first-order valence-electron chi connectivity index (χ1n) is 6.55. The van der Waals surface area contributed by atoms with Crippen molar-refractivity contribution in [3.63, 3.8) is 0 Å².